The van der Waals surface area contributed by atoms with Gasteiger partial charge in [-0.05, 0) is 30.5 Å². The number of rotatable bonds is 5. The molecule has 7 nitrogen and oxygen atoms in total. The minimum Gasteiger partial charge on any atom is -0.481 e. The van der Waals surface area contributed by atoms with Crippen molar-refractivity contribution in [2.45, 2.75) is 12.8 Å². The molecule has 0 spiro atoms. The number of carbonyl (C=O) groups is 2. The van der Waals surface area contributed by atoms with Crippen LogP contribution in [0.25, 0.3) is 0 Å². The Balaban J connectivity index is 1.70. The number of hydrogen-bond donors (Lipinski definition) is 2. The average Bonchev–Trinajstić information content (AvgIpc) is 2.83. The smallest absolute Gasteiger partial charge is 0.276 e. The molecule has 0 aromatic heterocycles. The van der Waals surface area contributed by atoms with Gasteiger partial charge in [-0.1, -0.05) is 15.9 Å². The molecule has 1 atom stereocenters. The Morgan fingerprint density at radius 2 is 2.00 bits per heavy atom. The van der Waals surface area contributed by atoms with Gasteiger partial charge in [-0.15, -0.1) is 0 Å². The highest BCUT2D eigenvalue weighted by Crippen LogP contribution is 2.22. The second-order valence-electron chi connectivity index (χ2n) is 5.43. The molecule has 1 unspecified atom stereocenters. The summed E-state index contributed by atoms with van der Waals surface area (Å²) in [7, 11) is -3.05. The Morgan fingerprint density at radius 3 is 2.62 bits per heavy atom. The summed E-state index contributed by atoms with van der Waals surface area (Å²) in [6.07, 6.45) is 0.456. The van der Waals surface area contributed by atoms with Crippen molar-refractivity contribution in [3.05, 3.63) is 28.5 Å². The van der Waals surface area contributed by atoms with Crippen LogP contribution in [0.1, 0.15) is 12.8 Å². The molecule has 2 rings (SSSR count). The van der Waals surface area contributed by atoms with Gasteiger partial charge in [0.05, 0.1) is 11.5 Å². The zero-order chi connectivity index (χ0) is 17.7. The van der Waals surface area contributed by atoms with Gasteiger partial charge in [0.2, 0.25) is 5.91 Å². The van der Waals surface area contributed by atoms with Crippen molar-refractivity contribution in [2.75, 3.05) is 18.1 Å². The zero-order valence-corrected chi connectivity index (χ0v) is 15.0. The van der Waals surface area contributed by atoms with Gasteiger partial charge in [-0.2, -0.15) is 0 Å². The van der Waals surface area contributed by atoms with E-state index in [1.54, 1.807) is 6.07 Å². The molecule has 1 aliphatic rings. The first-order valence-electron chi connectivity index (χ1n) is 7.11. The fourth-order valence-electron chi connectivity index (χ4n) is 2.26. The van der Waals surface area contributed by atoms with E-state index >= 15 is 0 Å². The van der Waals surface area contributed by atoms with E-state index in [0.717, 1.165) is 0 Å². The second kappa shape index (κ2) is 7.93. The van der Waals surface area contributed by atoms with Crippen LogP contribution in [0.4, 0.5) is 4.39 Å². The van der Waals surface area contributed by atoms with Crippen LogP contribution in [-0.4, -0.2) is 38.3 Å². The zero-order valence-electron chi connectivity index (χ0n) is 12.6. The molecule has 0 saturated carbocycles. The Hall–Kier alpha value is -1.68. The Kier molecular flexibility index (Phi) is 6.16. The molecule has 1 heterocycles. The van der Waals surface area contributed by atoms with E-state index in [1.165, 1.54) is 12.1 Å². The lowest BCUT2D eigenvalue weighted by atomic mass is 10.1. The van der Waals surface area contributed by atoms with Crippen LogP contribution < -0.4 is 15.6 Å². The Morgan fingerprint density at radius 1 is 1.29 bits per heavy atom. The number of hydrazine groups is 1. The molecule has 0 bridgehead atoms. The Labute approximate surface area is 147 Å². The van der Waals surface area contributed by atoms with Crippen LogP contribution in [0.15, 0.2) is 22.7 Å². The highest BCUT2D eigenvalue weighted by atomic mass is 79.9. The average molecular weight is 423 g/mol. The van der Waals surface area contributed by atoms with E-state index < -0.39 is 34.1 Å². The standard InChI is InChI=1S/C14H16BrFN2O5S/c15-10-1-2-12(11(16)6-10)23-7-14(20)18-17-13(19)5-9-3-4-24(21,22)8-9/h1-2,6,9H,3-5,7-8H2,(H,17,19)(H,18,20). The number of benzene rings is 1. The van der Waals surface area contributed by atoms with Crippen molar-refractivity contribution in [3.63, 3.8) is 0 Å². The van der Waals surface area contributed by atoms with Crippen LogP contribution in [-0.2, 0) is 19.4 Å². The molecular formula is C14H16BrFN2O5S. The molecule has 1 aromatic carbocycles. The van der Waals surface area contributed by atoms with Crippen molar-refractivity contribution in [2.24, 2.45) is 5.92 Å². The van der Waals surface area contributed by atoms with Crippen molar-refractivity contribution in [1.29, 1.82) is 0 Å². The van der Waals surface area contributed by atoms with E-state index in [4.69, 9.17) is 4.74 Å². The summed E-state index contributed by atoms with van der Waals surface area (Å²) in [5, 5.41) is 0. The van der Waals surface area contributed by atoms with Gasteiger partial charge in [0.15, 0.2) is 28.0 Å². The number of hydrogen-bond acceptors (Lipinski definition) is 5. The van der Waals surface area contributed by atoms with E-state index in [-0.39, 0.29) is 29.6 Å². The largest absolute Gasteiger partial charge is 0.481 e. The lowest BCUT2D eigenvalue weighted by Crippen LogP contribution is -2.44. The maximum atomic E-state index is 13.5. The maximum Gasteiger partial charge on any atom is 0.276 e. The minimum absolute atomic E-state index is 0.0136. The van der Waals surface area contributed by atoms with Crippen LogP contribution in [0.2, 0.25) is 0 Å². The predicted octanol–water partition coefficient (Wildman–Crippen LogP) is 0.939. The number of halogens is 2. The van der Waals surface area contributed by atoms with Crippen molar-refractivity contribution < 1.29 is 27.1 Å². The minimum atomic E-state index is -3.05. The molecule has 0 radical (unpaired) electrons. The third-order valence-corrected chi connectivity index (χ3v) is 5.73. The number of carbonyl (C=O) groups excluding carboxylic acids is 2. The van der Waals surface area contributed by atoms with E-state index in [2.05, 4.69) is 26.8 Å². The van der Waals surface area contributed by atoms with Gasteiger partial charge < -0.3 is 4.74 Å². The molecule has 0 aliphatic carbocycles. The SMILES string of the molecule is O=C(COc1ccc(Br)cc1F)NNC(=O)CC1CCS(=O)(=O)C1. The number of amides is 2. The van der Waals surface area contributed by atoms with Crippen LogP contribution in [0.3, 0.4) is 0 Å². The topological polar surface area (TPSA) is 102 Å². The third-order valence-electron chi connectivity index (χ3n) is 3.39. The summed E-state index contributed by atoms with van der Waals surface area (Å²) in [5.41, 5.74) is 4.32. The molecule has 132 valence electrons. The van der Waals surface area contributed by atoms with Gasteiger partial charge in [0.1, 0.15) is 0 Å². The van der Waals surface area contributed by atoms with Crippen LogP contribution >= 0.6 is 15.9 Å². The monoisotopic (exact) mass is 422 g/mol. The quantitative estimate of drug-likeness (QED) is 0.687. The van der Waals surface area contributed by atoms with Crippen molar-refractivity contribution in [3.8, 4) is 5.75 Å². The fraction of sp³-hybridized carbons (Fsp3) is 0.429. The fourth-order valence-corrected chi connectivity index (χ4v) is 4.45. The molecule has 1 aliphatic heterocycles. The van der Waals surface area contributed by atoms with Gasteiger partial charge >= 0.3 is 0 Å². The molecule has 1 saturated heterocycles. The molecular weight excluding hydrogens is 407 g/mol. The summed E-state index contributed by atoms with van der Waals surface area (Å²) in [5.74, 6) is -2.02. The molecule has 1 fully saturated rings. The van der Waals surface area contributed by atoms with E-state index in [0.29, 0.717) is 10.9 Å². The number of sulfone groups is 1. The lowest BCUT2D eigenvalue weighted by molar-refractivity contribution is -0.130. The first-order chi connectivity index (χ1) is 11.2. The van der Waals surface area contributed by atoms with Crippen molar-refractivity contribution >= 4 is 37.6 Å². The molecule has 1 aromatic rings. The molecule has 2 amide bonds. The highest BCUT2D eigenvalue weighted by Gasteiger charge is 2.29. The lowest BCUT2D eigenvalue weighted by Gasteiger charge is -2.11. The first-order valence-corrected chi connectivity index (χ1v) is 9.72. The van der Waals surface area contributed by atoms with E-state index in [9.17, 15) is 22.4 Å². The van der Waals surface area contributed by atoms with Gasteiger partial charge in [-0.25, -0.2) is 12.8 Å². The van der Waals surface area contributed by atoms with Gasteiger partial charge in [0.25, 0.3) is 5.91 Å². The van der Waals surface area contributed by atoms with Gasteiger partial charge in [-0.3, -0.25) is 20.4 Å². The summed E-state index contributed by atoms with van der Waals surface area (Å²) in [6.45, 7) is -0.476. The summed E-state index contributed by atoms with van der Waals surface area (Å²) in [4.78, 5) is 23.2. The molecule has 10 heteroatoms. The predicted molar refractivity (Wildman–Crippen MR) is 87.3 cm³/mol. The normalized spacial score (nSPS) is 18.8. The van der Waals surface area contributed by atoms with Crippen molar-refractivity contribution in [1.82, 2.24) is 10.9 Å². The second-order valence-corrected chi connectivity index (χ2v) is 8.58. The number of ether oxygens (including phenoxy) is 1. The first kappa shape index (κ1) is 18.7. The maximum absolute atomic E-state index is 13.5. The van der Waals surface area contributed by atoms with Crippen LogP contribution in [0.5, 0.6) is 5.75 Å². The molecule has 24 heavy (non-hydrogen) atoms. The number of nitrogens with one attached hydrogen (secondary N) is 2. The summed E-state index contributed by atoms with van der Waals surface area (Å²) >= 11 is 3.10. The third kappa shape index (κ3) is 5.75. The van der Waals surface area contributed by atoms with Crippen LogP contribution in [0, 0.1) is 11.7 Å². The Bertz CT molecular complexity index is 741. The van der Waals surface area contributed by atoms with Gasteiger partial charge in [0, 0.05) is 10.9 Å². The summed E-state index contributed by atoms with van der Waals surface area (Å²) in [6, 6.07) is 4.13. The van der Waals surface area contributed by atoms with E-state index in [1.807, 2.05) is 0 Å². The summed E-state index contributed by atoms with van der Waals surface area (Å²) < 4.78 is 41.7. The highest BCUT2D eigenvalue weighted by molar-refractivity contribution is 9.10. The molecule has 2 N–H and O–H groups in total.